The van der Waals surface area contributed by atoms with Gasteiger partial charge in [-0.1, -0.05) is 0 Å². The molecule has 1 heterocycles. The Morgan fingerprint density at radius 1 is 1.11 bits per heavy atom. The lowest BCUT2D eigenvalue weighted by molar-refractivity contribution is 0.355. The van der Waals surface area contributed by atoms with Gasteiger partial charge in [-0.25, -0.2) is 13.1 Å². The summed E-state index contributed by atoms with van der Waals surface area (Å²) >= 11 is 1.24. The fourth-order valence-electron chi connectivity index (χ4n) is 2.22. The highest BCUT2D eigenvalue weighted by molar-refractivity contribution is 7.91. The lowest BCUT2D eigenvalue weighted by atomic mass is 10.3. The molecule has 0 unspecified atom stereocenters. The summed E-state index contributed by atoms with van der Waals surface area (Å²) in [6.45, 7) is 2.47. The Balaban J connectivity index is 1.87. The van der Waals surface area contributed by atoms with E-state index < -0.39 is 10.0 Å². The zero-order valence-corrected chi connectivity index (χ0v) is 17.3. The molecule has 0 fully saturated rings. The number of guanidine groups is 1. The molecular formula is C17H24N4O4S2. The fraction of sp³-hybridized carbons (Fsp3) is 0.353. The molecule has 8 nitrogen and oxygen atoms in total. The van der Waals surface area contributed by atoms with Crippen LogP contribution in [0.4, 0.5) is 5.69 Å². The molecule has 0 radical (unpaired) electrons. The van der Waals surface area contributed by atoms with Crippen molar-refractivity contribution in [2.24, 2.45) is 4.99 Å². The lowest BCUT2D eigenvalue weighted by Crippen LogP contribution is -2.37. The first-order valence-corrected chi connectivity index (χ1v) is 10.5. The molecule has 0 aliphatic rings. The Hall–Kier alpha value is -2.30. The van der Waals surface area contributed by atoms with E-state index in [0.717, 1.165) is 10.6 Å². The number of thiophene rings is 1. The third kappa shape index (κ3) is 5.84. The molecule has 10 heteroatoms. The molecule has 0 aliphatic carbocycles. The Morgan fingerprint density at radius 3 is 2.44 bits per heavy atom. The molecule has 2 rings (SSSR count). The van der Waals surface area contributed by atoms with E-state index in [0.29, 0.717) is 28.2 Å². The minimum Gasteiger partial charge on any atom is -0.493 e. The molecule has 0 saturated carbocycles. The lowest BCUT2D eigenvalue weighted by Gasteiger charge is -2.14. The normalized spacial score (nSPS) is 11.9. The molecule has 148 valence electrons. The SMILES string of the molecule is CN=C(NCCNS(=O)(=O)c1ccc(C)s1)Nc1ccc(OC)c(OC)c1. The summed E-state index contributed by atoms with van der Waals surface area (Å²) in [7, 11) is 1.29. The third-order valence-corrected chi connectivity index (χ3v) is 6.51. The van der Waals surface area contributed by atoms with Gasteiger partial charge in [-0.15, -0.1) is 11.3 Å². The average Bonchev–Trinajstić information content (AvgIpc) is 3.11. The standard InChI is InChI=1S/C17H24N4O4S2/c1-12-5-8-16(26-12)27(22,23)20-10-9-19-17(18-2)21-13-6-7-14(24-3)15(11-13)25-4/h5-8,11,20H,9-10H2,1-4H3,(H2,18,19,21). The van der Waals surface area contributed by atoms with E-state index >= 15 is 0 Å². The topological polar surface area (TPSA) is 101 Å². The van der Waals surface area contributed by atoms with Crippen LogP contribution in [0.5, 0.6) is 11.5 Å². The monoisotopic (exact) mass is 412 g/mol. The Kier molecular flexibility index (Phi) is 7.45. The first-order chi connectivity index (χ1) is 12.9. The predicted octanol–water partition coefficient (Wildman–Crippen LogP) is 2.04. The average molecular weight is 413 g/mol. The number of hydrogen-bond acceptors (Lipinski definition) is 6. The number of methoxy groups -OCH3 is 2. The molecule has 0 saturated heterocycles. The molecule has 0 aliphatic heterocycles. The maximum Gasteiger partial charge on any atom is 0.250 e. The summed E-state index contributed by atoms with van der Waals surface area (Å²) in [6.07, 6.45) is 0. The van der Waals surface area contributed by atoms with Crippen molar-refractivity contribution in [3.63, 3.8) is 0 Å². The van der Waals surface area contributed by atoms with Gasteiger partial charge in [0.2, 0.25) is 10.0 Å². The molecule has 2 aromatic rings. The van der Waals surface area contributed by atoms with Gasteiger partial charge in [-0.3, -0.25) is 4.99 Å². The van der Waals surface area contributed by atoms with Crippen molar-refractivity contribution in [2.75, 3.05) is 39.7 Å². The first kappa shape index (κ1) is 21.0. The second-order valence-corrected chi connectivity index (χ2v) is 8.74. The number of hydrogen-bond donors (Lipinski definition) is 3. The van der Waals surface area contributed by atoms with Crippen LogP contribution >= 0.6 is 11.3 Å². The van der Waals surface area contributed by atoms with Gasteiger partial charge in [0.25, 0.3) is 0 Å². The van der Waals surface area contributed by atoms with Crippen molar-refractivity contribution >= 4 is 33.0 Å². The third-order valence-electron chi connectivity index (χ3n) is 3.56. The molecule has 1 aromatic carbocycles. The highest BCUT2D eigenvalue weighted by atomic mass is 32.2. The van der Waals surface area contributed by atoms with Gasteiger partial charge in [0.15, 0.2) is 17.5 Å². The summed E-state index contributed by atoms with van der Waals surface area (Å²) in [4.78, 5) is 5.08. The smallest absolute Gasteiger partial charge is 0.250 e. The minimum atomic E-state index is -3.48. The van der Waals surface area contributed by atoms with Crippen LogP contribution in [0.15, 0.2) is 39.5 Å². The van der Waals surface area contributed by atoms with Crippen LogP contribution in [0.1, 0.15) is 4.88 Å². The van der Waals surface area contributed by atoms with Gasteiger partial charge in [-0.2, -0.15) is 0 Å². The number of ether oxygens (including phenoxy) is 2. The zero-order chi connectivity index (χ0) is 19.9. The van der Waals surface area contributed by atoms with Crippen molar-refractivity contribution in [1.82, 2.24) is 10.0 Å². The largest absolute Gasteiger partial charge is 0.493 e. The number of rotatable bonds is 8. The maximum atomic E-state index is 12.2. The van der Waals surface area contributed by atoms with Gasteiger partial charge < -0.3 is 20.1 Å². The molecule has 0 atom stereocenters. The molecule has 0 spiro atoms. The van der Waals surface area contributed by atoms with E-state index in [2.05, 4.69) is 20.3 Å². The van der Waals surface area contributed by atoms with Crippen molar-refractivity contribution in [1.29, 1.82) is 0 Å². The molecule has 3 N–H and O–H groups in total. The second-order valence-electron chi connectivity index (χ2n) is 5.46. The Morgan fingerprint density at radius 2 is 1.85 bits per heavy atom. The van der Waals surface area contributed by atoms with E-state index in [1.165, 1.54) is 11.3 Å². The summed E-state index contributed by atoms with van der Waals surface area (Å²) in [5, 5.41) is 6.17. The van der Waals surface area contributed by atoms with Crippen molar-refractivity contribution in [3.05, 3.63) is 35.2 Å². The molecule has 0 bridgehead atoms. The van der Waals surface area contributed by atoms with Crippen LogP contribution in [0.3, 0.4) is 0 Å². The van der Waals surface area contributed by atoms with Crippen LogP contribution in [0.2, 0.25) is 0 Å². The van der Waals surface area contributed by atoms with Crippen molar-refractivity contribution in [2.45, 2.75) is 11.1 Å². The second kappa shape index (κ2) is 9.58. The summed E-state index contributed by atoms with van der Waals surface area (Å²) in [5.74, 6) is 1.73. The quantitative estimate of drug-likeness (QED) is 0.348. The van der Waals surface area contributed by atoms with Crippen molar-refractivity contribution < 1.29 is 17.9 Å². The number of benzene rings is 1. The van der Waals surface area contributed by atoms with Crippen molar-refractivity contribution in [3.8, 4) is 11.5 Å². The van der Waals surface area contributed by atoms with Crippen LogP contribution in [0, 0.1) is 6.92 Å². The van der Waals surface area contributed by atoms with Gasteiger partial charge in [0.05, 0.1) is 14.2 Å². The predicted molar refractivity (Wildman–Crippen MR) is 109 cm³/mol. The van der Waals surface area contributed by atoms with E-state index in [4.69, 9.17) is 9.47 Å². The van der Waals surface area contributed by atoms with Gasteiger partial charge in [0, 0.05) is 36.8 Å². The highest BCUT2D eigenvalue weighted by Crippen LogP contribution is 2.29. The van der Waals surface area contributed by atoms with Crippen LogP contribution in [-0.4, -0.2) is 48.7 Å². The first-order valence-electron chi connectivity index (χ1n) is 8.15. The number of nitrogens with zero attached hydrogens (tertiary/aromatic N) is 1. The van der Waals surface area contributed by atoms with E-state index in [9.17, 15) is 8.42 Å². The molecule has 27 heavy (non-hydrogen) atoms. The Labute approximate surface area is 163 Å². The van der Waals surface area contributed by atoms with E-state index in [1.807, 2.05) is 13.0 Å². The summed E-state index contributed by atoms with van der Waals surface area (Å²) in [5.41, 5.74) is 0.760. The van der Waals surface area contributed by atoms with E-state index in [-0.39, 0.29) is 6.54 Å². The number of sulfonamides is 1. The molecule has 0 amide bonds. The molecule has 1 aromatic heterocycles. The molecular weight excluding hydrogens is 388 g/mol. The Bertz CT molecular complexity index is 894. The van der Waals surface area contributed by atoms with Crippen LogP contribution < -0.4 is 24.8 Å². The van der Waals surface area contributed by atoms with Gasteiger partial charge in [0.1, 0.15) is 4.21 Å². The van der Waals surface area contributed by atoms with Crippen LogP contribution in [-0.2, 0) is 10.0 Å². The number of nitrogens with one attached hydrogen (secondary N) is 3. The highest BCUT2D eigenvalue weighted by Gasteiger charge is 2.15. The fourth-order valence-corrected chi connectivity index (χ4v) is 4.58. The number of anilines is 1. The zero-order valence-electron chi connectivity index (χ0n) is 15.7. The van der Waals surface area contributed by atoms with Gasteiger partial charge >= 0.3 is 0 Å². The van der Waals surface area contributed by atoms with Crippen LogP contribution in [0.25, 0.3) is 0 Å². The van der Waals surface area contributed by atoms with E-state index in [1.54, 1.807) is 45.5 Å². The number of aryl methyl sites for hydroxylation is 1. The number of aliphatic imine (C=N–C) groups is 1. The minimum absolute atomic E-state index is 0.228. The summed E-state index contributed by atoms with van der Waals surface area (Å²) < 4.78 is 37.7. The summed E-state index contributed by atoms with van der Waals surface area (Å²) in [6, 6.07) is 8.79. The van der Waals surface area contributed by atoms with Gasteiger partial charge in [-0.05, 0) is 31.2 Å². The maximum absolute atomic E-state index is 12.2.